The topological polar surface area (TPSA) is 55.1 Å². The highest BCUT2D eigenvalue weighted by molar-refractivity contribution is 5.75. The molecule has 0 bridgehead atoms. The van der Waals surface area contributed by atoms with E-state index in [0.717, 1.165) is 19.4 Å². The maximum Gasteiger partial charge on any atom is 0.220 e. The van der Waals surface area contributed by atoms with Gasteiger partial charge in [0.05, 0.1) is 0 Å². The Morgan fingerprint density at radius 2 is 2.00 bits per heavy atom. The molecule has 3 nitrogen and oxygen atoms in total. The maximum atomic E-state index is 11.2. The fourth-order valence-corrected chi connectivity index (χ4v) is 1.25. The second kappa shape index (κ2) is 5.97. The summed E-state index contributed by atoms with van der Waals surface area (Å²) < 4.78 is 0. The summed E-state index contributed by atoms with van der Waals surface area (Å²) in [7, 11) is 0. The third-order valence-electron chi connectivity index (χ3n) is 2.22. The van der Waals surface area contributed by atoms with Gasteiger partial charge >= 0.3 is 0 Å². The van der Waals surface area contributed by atoms with Crippen LogP contribution in [-0.2, 0) is 4.79 Å². The van der Waals surface area contributed by atoms with E-state index >= 15 is 0 Å². The van der Waals surface area contributed by atoms with Crippen molar-refractivity contribution < 1.29 is 4.79 Å². The molecular weight excluding hydrogens is 164 g/mol. The monoisotopic (exact) mass is 186 g/mol. The molecular formula is C10H22N2O. The first-order valence-corrected chi connectivity index (χ1v) is 4.98. The Hall–Kier alpha value is -0.570. The minimum Gasteiger partial charge on any atom is -0.356 e. The Kier molecular flexibility index (Phi) is 5.71. The molecule has 0 radical (unpaired) electrons. The van der Waals surface area contributed by atoms with Gasteiger partial charge in [0.1, 0.15) is 0 Å². The predicted octanol–water partition coefficient (Wildman–Crippen LogP) is 1.28. The van der Waals surface area contributed by atoms with E-state index in [9.17, 15) is 4.79 Å². The van der Waals surface area contributed by atoms with E-state index in [1.807, 2.05) is 6.92 Å². The first-order chi connectivity index (χ1) is 6.02. The number of nitrogens with one attached hydrogen (secondary N) is 1. The van der Waals surface area contributed by atoms with Gasteiger partial charge < -0.3 is 11.1 Å². The van der Waals surface area contributed by atoms with Crippen LogP contribution in [0.15, 0.2) is 0 Å². The summed E-state index contributed by atoms with van der Waals surface area (Å²) in [5.41, 5.74) is 5.67. The molecule has 3 heteroatoms. The number of hydrogen-bond donors (Lipinski definition) is 2. The molecule has 1 amide bonds. The van der Waals surface area contributed by atoms with Crippen molar-refractivity contribution in [2.45, 2.75) is 40.0 Å². The van der Waals surface area contributed by atoms with Crippen LogP contribution in [0.5, 0.6) is 0 Å². The van der Waals surface area contributed by atoms with Gasteiger partial charge in [0.15, 0.2) is 0 Å². The van der Waals surface area contributed by atoms with E-state index < -0.39 is 0 Å². The summed E-state index contributed by atoms with van der Waals surface area (Å²) in [5.74, 6) is 0.146. The molecule has 0 saturated carbocycles. The molecule has 0 rings (SSSR count). The largest absolute Gasteiger partial charge is 0.356 e. The van der Waals surface area contributed by atoms with Gasteiger partial charge in [0.2, 0.25) is 5.91 Å². The molecule has 0 heterocycles. The molecule has 0 fully saturated rings. The summed E-state index contributed by atoms with van der Waals surface area (Å²) in [4.78, 5) is 11.2. The van der Waals surface area contributed by atoms with Gasteiger partial charge in [-0.2, -0.15) is 0 Å². The average molecular weight is 186 g/mol. The van der Waals surface area contributed by atoms with Crippen LogP contribution in [0.1, 0.15) is 40.0 Å². The molecule has 0 saturated heterocycles. The fraction of sp³-hybridized carbons (Fsp3) is 0.900. The van der Waals surface area contributed by atoms with Gasteiger partial charge in [-0.05, 0) is 31.7 Å². The van der Waals surface area contributed by atoms with Crippen LogP contribution >= 0.6 is 0 Å². The maximum absolute atomic E-state index is 11.2. The van der Waals surface area contributed by atoms with E-state index in [1.165, 1.54) is 0 Å². The zero-order valence-corrected chi connectivity index (χ0v) is 9.02. The standard InChI is InChI=1S/C10H22N2O/c1-4-12-9(13)5-6-10(2,3)7-8-11/h4-8,11H2,1-3H3,(H,12,13). The summed E-state index contributed by atoms with van der Waals surface area (Å²) in [5, 5.41) is 2.79. The number of carbonyl (C=O) groups is 1. The van der Waals surface area contributed by atoms with Gasteiger partial charge in [-0.3, -0.25) is 4.79 Å². The molecule has 0 aliphatic heterocycles. The van der Waals surface area contributed by atoms with Crippen molar-refractivity contribution in [1.82, 2.24) is 5.32 Å². The summed E-state index contributed by atoms with van der Waals surface area (Å²) in [6, 6.07) is 0. The van der Waals surface area contributed by atoms with Crippen LogP contribution in [0, 0.1) is 5.41 Å². The number of carbonyl (C=O) groups excluding carboxylic acids is 1. The van der Waals surface area contributed by atoms with Crippen LogP contribution < -0.4 is 11.1 Å². The molecule has 0 spiro atoms. The van der Waals surface area contributed by atoms with Crippen molar-refractivity contribution >= 4 is 5.91 Å². The smallest absolute Gasteiger partial charge is 0.220 e. The zero-order valence-electron chi connectivity index (χ0n) is 9.02. The average Bonchev–Trinajstić information content (AvgIpc) is 2.02. The predicted molar refractivity (Wildman–Crippen MR) is 55.4 cm³/mol. The molecule has 0 unspecified atom stereocenters. The SMILES string of the molecule is CCNC(=O)CCC(C)(C)CCN. The second-order valence-corrected chi connectivity index (χ2v) is 4.16. The zero-order chi connectivity index (χ0) is 10.3. The molecule has 0 aromatic heterocycles. The highest BCUT2D eigenvalue weighted by atomic mass is 16.1. The Labute approximate surface area is 81.1 Å². The number of rotatable bonds is 6. The molecule has 78 valence electrons. The number of nitrogens with two attached hydrogens (primary N) is 1. The highest BCUT2D eigenvalue weighted by Crippen LogP contribution is 2.25. The van der Waals surface area contributed by atoms with Crippen molar-refractivity contribution in [3.63, 3.8) is 0 Å². The molecule has 0 aliphatic rings. The van der Waals surface area contributed by atoms with Crippen molar-refractivity contribution in [3.8, 4) is 0 Å². The summed E-state index contributed by atoms with van der Waals surface area (Å²) in [6.07, 6.45) is 2.50. The Bertz CT molecular complexity index is 155. The molecule has 0 aliphatic carbocycles. The van der Waals surface area contributed by atoms with Crippen molar-refractivity contribution in [2.75, 3.05) is 13.1 Å². The van der Waals surface area contributed by atoms with Crippen molar-refractivity contribution in [2.24, 2.45) is 11.1 Å². The van der Waals surface area contributed by atoms with Crippen LogP contribution in [-0.4, -0.2) is 19.0 Å². The van der Waals surface area contributed by atoms with E-state index in [1.54, 1.807) is 0 Å². The van der Waals surface area contributed by atoms with Gasteiger partial charge in [-0.15, -0.1) is 0 Å². The van der Waals surface area contributed by atoms with Crippen LogP contribution in [0.4, 0.5) is 0 Å². The van der Waals surface area contributed by atoms with E-state index in [2.05, 4.69) is 19.2 Å². The van der Waals surface area contributed by atoms with E-state index in [-0.39, 0.29) is 11.3 Å². The van der Waals surface area contributed by atoms with Gasteiger partial charge in [-0.1, -0.05) is 13.8 Å². The minimum absolute atomic E-state index is 0.146. The van der Waals surface area contributed by atoms with Crippen LogP contribution in [0.2, 0.25) is 0 Å². The molecule has 0 atom stereocenters. The molecule has 13 heavy (non-hydrogen) atoms. The first kappa shape index (κ1) is 12.4. The van der Waals surface area contributed by atoms with Crippen LogP contribution in [0.3, 0.4) is 0 Å². The normalized spacial score (nSPS) is 11.4. The Morgan fingerprint density at radius 3 is 2.46 bits per heavy atom. The Balaban J connectivity index is 3.67. The molecule has 3 N–H and O–H groups in total. The molecule has 0 aromatic rings. The quantitative estimate of drug-likeness (QED) is 0.656. The third-order valence-corrected chi connectivity index (χ3v) is 2.22. The summed E-state index contributed by atoms with van der Waals surface area (Å²) >= 11 is 0. The first-order valence-electron chi connectivity index (χ1n) is 4.98. The van der Waals surface area contributed by atoms with Gasteiger partial charge in [-0.25, -0.2) is 0 Å². The van der Waals surface area contributed by atoms with Crippen molar-refractivity contribution in [3.05, 3.63) is 0 Å². The van der Waals surface area contributed by atoms with E-state index in [0.29, 0.717) is 13.0 Å². The van der Waals surface area contributed by atoms with Gasteiger partial charge in [0, 0.05) is 13.0 Å². The van der Waals surface area contributed by atoms with Crippen LogP contribution in [0.25, 0.3) is 0 Å². The van der Waals surface area contributed by atoms with Gasteiger partial charge in [0.25, 0.3) is 0 Å². The lowest BCUT2D eigenvalue weighted by Gasteiger charge is -2.23. The lowest BCUT2D eigenvalue weighted by atomic mass is 9.84. The second-order valence-electron chi connectivity index (χ2n) is 4.16. The lowest BCUT2D eigenvalue weighted by Crippen LogP contribution is -2.25. The fourth-order valence-electron chi connectivity index (χ4n) is 1.25. The number of amides is 1. The Morgan fingerprint density at radius 1 is 1.38 bits per heavy atom. The number of hydrogen-bond acceptors (Lipinski definition) is 2. The summed E-state index contributed by atoms with van der Waals surface area (Å²) in [6.45, 7) is 7.65. The lowest BCUT2D eigenvalue weighted by molar-refractivity contribution is -0.121. The highest BCUT2D eigenvalue weighted by Gasteiger charge is 2.17. The van der Waals surface area contributed by atoms with Crippen molar-refractivity contribution in [1.29, 1.82) is 0 Å². The minimum atomic E-state index is 0.146. The van der Waals surface area contributed by atoms with E-state index in [4.69, 9.17) is 5.73 Å². The third kappa shape index (κ3) is 6.58. The molecule has 0 aromatic carbocycles.